The van der Waals surface area contributed by atoms with Gasteiger partial charge >= 0.3 is 39.5 Å². The van der Waals surface area contributed by atoms with Gasteiger partial charge in [0.15, 0.2) is 12.2 Å². The van der Waals surface area contributed by atoms with Gasteiger partial charge in [0.2, 0.25) is 0 Å². The van der Waals surface area contributed by atoms with E-state index in [0.717, 1.165) is 108 Å². The molecule has 0 aromatic heterocycles. The van der Waals surface area contributed by atoms with Crippen LogP contribution < -0.4 is 0 Å². The molecule has 558 valence electrons. The average Bonchev–Trinajstić information content (AvgIpc) is 1.08. The number of phosphoric ester groups is 2. The number of aliphatic hydroxyl groups is 1. The maximum atomic E-state index is 13.1. The fraction of sp³-hybridized carbons (Fsp3) is 0.947. The summed E-state index contributed by atoms with van der Waals surface area (Å²) in [4.78, 5) is 72.7. The molecule has 17 nitrogen and oxygen atoms in total. The summed E-state index contributed by atoms with van der Waals surface area (Å²) in [5.74, 6) is 0.850. The summed E-state index contributed by atoms with van der Waals surface area (Å²) in [6, 6.07) is 0. The third-order valence-corrected chi connectivity index (χ3v) is 19.2. The fourth-order valence-corrected chi connectivity index (χ4v) is 13.0. The van der Waals surface area contributed by atoms with Crippen molar-refractivity contribution >= 4 is 39.5 Å². The van der Waals surface area contributed by atoms with Crippen molar-refractivity contribution in [1.82, 2.24) is 0 Å². The van der Waals surface area contributed by atoms with Gasteiger partial charge in [-0.25, -0.2) is 9.13 Å². The molecular formula is C75H146O17P2. The van der Waals surface area contributed by atoms with E-state index in [1.54, 1.807) is 0 Å². The lowest BCUT2D eigenvalue weighted by Gasteiger charge is -2.21. The van der Waals surface area contributed by atoms with E-state index < -0.39 is 97.5 Å². The van der Waals surface area contributed by atoms with E-state index in [4.69, 9.17) is 37.0 Å². The minimum Gasteiger partial charge on any atom is -0.462 e. The third-order valence-electron chi connectivity index (χ3n) is 17.3. The van der Waals surface area contributed by atoms with Gasteiger partial charge in [0.25, 0.3) is 0 Å². The first kappa shape index (κ1) is 92.1. The number of hydrogen-bond acceptors (Lipinski definition) is 15. The Kier molecular flexibility index (Phi) is 63.1. The second-order valence-electron chi connectivity index (χ2n) is 28.9. The molecule has 0 saturated heterocycles. The summed E-state index contributed by atoms with van der Waals surface area (Å²) < 4.78 is 68.4. The lowest BCUT2D eigenvalue weighted by atomic mass is 10.0. The topological polar surface area (TPSA) is 237 Å². The molecule has 0 rings (SSSR count). The molecule has 0 saturated carbocycles. The predicted molar refractivity (Wildman–Crippen MR) is 381 cm³/mol. The first-order valence-corrected chi connectivity index (χ1v) is 41.7. The number of carbonyl (C=O) groups excluding carboxylic acids is 4. The van der Waals surface area contributed by atoms with Gasteiger partial charge < -0.3 is 33.8 Å². The van der Waals surface area contributed by atoms with Crippen LogP contribution >= 0.6 is 15.6 Å². The van der Waals surface area contributed by atoms with Crippen LogP contribution in [0.2, 0.25) is 0 Å². The molecule has 0 amide bonds. The Morgan fingerprint density at radius 3 is 0.660 bits per heavy atom. The van der Waals surface area contributed by atoms with Gasteiger partial charge in [-0.2, -0.15) is 0 Å². The normalized spacial score (nSPS) is 14.2. The molecule has 94 heavy (non-hydrogen) atoms. The van der Waals surface area contributed by atoms with Crippen LogP contribution in [-0.4, -0.2) is 96.7 Å². The number of hydrogen-bond donors (Lipinski definition) is 3. The van der Waals surface area contributed by atoms with Gasteiger partial charge in [-0.1, -0.05) is 325 Å². The van der Waals surface area contributed by atoms with Crippen molar-refractivity contribution < 1.29 is 80.2 Å². The highest BCUT2D eigenvalue weighted by Crippen LogP contribution is 2.45. The second kappa shape index (κ2) is 64.4. The molecule has 0 aromatic carbocycles. The number of phosphoric acid groups is 2. The van der Waals surface area contributed by atoms with Crippen LogP contribution in [0.15, 0.2) is 0 Å². The van der Waals surface area contributed by atoms with Gasteiger partial charge in [-0.3, -0.25) is 37.3 Å². The number of esters is 4. The highest BCUT2D eigenvalue weighted by Gasteiger charge is 2.30. The van der Waals surface area contributed by atoms with Crippen LogP contribution in [0.3, 0.4) is 0 Å². The molecule has 19 heteroatoms. The highest BCUT2D eigenvalue weighted by molar-refractivity contribution is 7.47. The Labute approximate surface area is 575 Å². The Balaban J connectivity index is 5.21. The molecule has 0 bridgehead atoms. The van der Waals surface area contributed by atoms with Gasteiger partial charge in [-0.05, 0) is 49.4 Å². The number of carbonyl (C=O) groups is 4. The third kappa shape index (κ3) is 68.6. The van der Waals surface area contributed by atoms with E-state index in [9.17, 15) is 43.2 Å². The summed E-state index contributed by atoms with van der Waals surface area (Å²) in [6.45, 7) is 14.1. The van der Waals surface area contributed by atoms with E-state index in [1.165, 1.54) is 173 Å². The van der Waals surface area contributed by atoms with Crippen LogP contribution in [0.4, 0.5) is 0 Å². The zero-order chi connectivity index (χ0) is 69.6. The smallest absolute Gasteiger partial charge is 0.462 e. The average molecular weight is 1380 g/mol. The second-order valence-corrected chi connectivity index (χ2v) is 31.9. The van der Waals surface area contributed by atoms with Gasteiger partial charge in [0.1, 0.15) is 19.3 Å². The maximum Gasteiger partial charge on any atom is 0.472 e. The standard InChI is InChI=1S/C75H146O17P2/c1-65(2)51-43-35-27-22-18-14-10-9-11-16-20-24-30-39-47-55-72(77)85-61-70(91-74(79)57-49-41-31-25-21-17-13-12-15-19-23-28-36-44-52-66(3)4)63-89-93(81,82)87-59-69(76)60-88-94(83,84)90-64-71(62-86-73(78)56-48-40-34-33-38-46-54-68(7)8)92-75(80)58-50-42-32-26-29-37-45-53-67(5)6/h65-71,76H,9-64H2,1-8H3,(H,81,82)(H,83,84)/t69-,70-,71-/m1/s1. The predicted octanol–water partition coefficient (Wildman–Crippen LogP) is 21.7. The largest absolute Gasteiger partial charge is 0.472 e. The van der Waals surface area contributed by atoms with Gasteiger partial charge in [-0.15, -0.1) is 0 Å². The van der Waals surface area contributed by atoms with E-state index >= 15 is 0 Å². The Morgan fingerprint density at radius 2 is 0.447 bits per heavy atom. The van der Waals surface area contributed by atoms with Crippen molar-refractivity contribution in [3.8, 4) is 0 Å². The van der Waals surface area contributed by atoms with Crippen molar-refractivity contribution in [2.45, 2.75) is 395 Å². The van der Waals surface area contributed by atoms with E-state index in [1.807, 2.05) is 0 Å². The minimum atomic E-state index is -4.96. The van der Waals surface area contributed by atoms with Crippen molar-refractivity contribution in [1.29, 1.82) is 0 Å². The SMILES string of the molecule is CC(C)CCCCCCCCCCCCCCCCCC(=O)OC[C@H](COP(=O)(O)OC[C@@H](O)COP(=O)(O)OC[C@@H](COC(=O)CCCCCCCCC(C)C)OC(=O)CCCCCCCCCC(C)C)OC(=O)CCCCCCCCCCCCCCCCC(C)C. The quantitative estimate of drug-likeness (QED) is 0.0222. The number of unbranched alkanes of at least 4 members (excludes halogenated alkanes) is 38. The molecule has 0 spiro atoms. The van der Waals surface area contributed by atoms with Crippen LogP contribution in [0.1, 0.15) is 376 Å². The van der Waals surface area contributed by atoms with Crippen LogP contribution in [0, 0.1) is 23.7 Å². The fourth-order valence-electron chi connectivity index (χ4n) is 11.4. The molecular weight excluding hydrogens is 1230 g/mol. The van der Waals surface area contributed by atoms with Gasteiger partial charge in [0, 0.05) is 25.7 Å². The summed E-state index contributed by atoms with van der Waals surface area (Å²) in [7, 11) is -9.91. The summed E-state index contributed by atoms with van der Waals surface area (Å²) in [5, 5.41) is 10.6. The molecule has 0 aliphatic rings. The van der Waals surface area contributed by atoms with Crippen molar-refractivity contribution in [3.05, 3.63) is 0 Å². The summed E-state index contributed by atoms with van der Waals surface area (Å²) in [6.07, 6.45) is 48.9. The Hall–Kier alpha value is -1.94. The first-order chi connectivity index (χ1) is 45.1. The van der Waals surface area contributed by atoms with Crippen LogP contribution in [-0.2, 0) is 65.4 Å². The van der Waals surface area contributed by atoms with Crippen molar-refractivity contribution in [2.24, 2.45) is 23.7 Å². The van der Waals surface area contributed by atoms with E-state index in [2.05, 4.69) is 55.4 Å². The highest BCUT2D eigenvalue weighted by atomic mass is 31.2. The van der Waals surface area contributed by atoms with Gasteiger partial charge in [0.05, 0.1) is 26.4 Å². The number of rotatable bonds is 72. The Morgan fingerprint density at radius 1 is 0.266 bits per heavy atom. The molecule has 0 aliphatic carbocycles. The Bertz CT molecular complexity index is 1850. The molecule has 5 atom stereocenters. The molecule has 0 heterocycles. The lowest BCUT2D eigenvalue weighted by Crippen LogP contribution is -2.30. The van der Waals surface area contributed by atoms with Crippen molar-refractivity contribution in [3.63, 3.8) is 0 Å². The van der Waals surface area contributed by atoms with Crippen molar-refractivity contribution in [2.75, 3.05) is 39.6 Å². The molecule has 0 aromatic rings. The molecule has 2 unspecified atom stereocenters. The number of ether oxygens (including phenoxy) is 4. The summed E-state index contributed by atoms with van der Waals surface area (Å²) in [5.41, 5.74) is 0. The molecule has 3 N–H and O–H groups in total. The van der Waals surface area contributed by atoms with E-state index in [0.29, 0.717) is 37.5 Å². The monoisotopic (exact) mass is 1380 g/mol. The lowest BCUT2D eigenvalue weighted by molar-refractivity contribution is -0.161. The van der Waals surface area contributed by atoms with Crippen LogP contribution in [0.5, 0.6) is 0 Å². The minimum absolute atomic E-state index is 0.102. The summed E-state index contributed by atoms with van der Waals surface area (Å²) >= 11 is 0. The zero-order valence-electron chi connectivity index (χ0n) is 61.6. The molecule has 0 radical (unpaired) electrons. The number of aliphatic hydroxyl groups excluding tert-OH is 1. The van der Waals surface area contributed by atoms with Crippen LogP contribution in [0.25, 0.3) is 0 Å². The maximum absolute atomic E-state index is 13.1. The van der Waals surface area contributed by atoms with E-state index in [-0.39, 0.29) is 25.7 Å². The zero-order valence-corrected chi connectivity index (χ0v) is 63.4. The first-order valence-electron chi connectivity index (χ1n) is 38.7. The molecule has 0 fully saturated rings. The molecule has 0 aliphatic heterocycles.